The number of hydrogen-bond donors (Lipinski definition) is 6. The third-order valence-corrected chi connectivity index (χ3v) is 11.4. The Hall–Kier alpha value is -0.360. The van der Waals surface area contributed by atoms with Gasteiger partial charge in [-0.3, -0.25) is 37.6 Å². The number of anilines is 1. The zero-order chi connectivity index (χ0) is 41.5. The summed E-state index contributed by atoms with van der Waals surface area (Å²) in [4.78, 5) is 102. The molecule has 2 amide bonds. The Morgan fingerprint density at radius 3 is 2.36 bits per heavy atom. The molecule has 310 valence electrons. The predicted octanol–water partition coefficient (Wildman–Crippen LogP) is -12.1. The van der Waals surface area contributed by atoms with Crippen LogP contribution in [0.25, 0.3) is 11.2 Å². The van der Waals surface area contributed by atoms with Crippen molar-refractivity contribution in [2.45, 2.75) is 50.9 Å². The van der Waals surface area contributed by atoms with Gasteiger partial charge in [-0.1, -0.05) is 25.6 Å². The van der Waals surface area contributed by atoms with Crippen LogP contribution >= 0.6 is 35.2 Å². The van der Waals surface area contributed by atoms with Crippen molar-refractivity contribution in [3.63, 3.8) is 0 Å². The van der Waals surface area contributed by atoms with Crippen molar-refractivity contribution in [2.75, 3.05) is 37.8 Å². The van der Waals surface area contributed by atoms with Crippen molar-refractivity contribution in [3.05, 3.63) is 36.9 Å². The van der Waals surface area contributed by atoms with Gasteiger partial charge < -0.3 is 64.5 Å². The first-order valence-corrected chi connectivity index (χ1v) is 21.3. The molecule has 0 saturated carbocycles. The van der Waals surface area contributed by atoms with Gasteiger partial charge in [0.15, 0.2) is 17.7 Å². The molecule has 0 spiro atoms. The maximum Gasteiger partial charge on any atom is 1.00 e. The van der Waals surface area contributed by atoms with E-state index in [1.165, 1.54) is 32.4 Å². The number of carbonyl (C=O) groups is 3. The van der Waals surface area contributed by atoms with Gasteiger partial charge in [0.1, 0.15) is 42.0 Å². The van der Waals surface area contributed by atoms with Gasteiger partial charge in [0.2, 0.25) is 16.9 Å². The Labute approximate surface area is 405 Å². The number of carbonyl (C=O) groups excluding carboxylic acids is 3. The largest absolute Gasteiger partial charge is 1.00 e. The number of nitrogen functional groups attached to an aromatic ring is 1. The van der Waals surface area contributed by atoms with E-state index in [0.717, 1.165) is 29.0 Å². The summed E-state index contributed by atoms with van der Waals surface area (Å²) in [5.74, 6) is -1.37. The second-order valence-corrected chi connectivity index (χ2v) is 17.4. The number of amides is 2. The molecule has 0 bridgehead atoms. The minimum Gasteiger partial charge on any atom is -0.756 e. The number of nitrogens with zero attached hydrogens (tertiary/aromatic N) is 6. The van der Waals surface area contributed by atoms with Gasteiger partial charge in [0.25, 0.3) is 23.5 Å². The quantitative estimate of drug-likeness (QED) is 0.0348. The van der Waals surface area contributed by atoms with Crippen LogP contribution in [0.2, 0.25) is 0 Å². The van der Waals surface area contributed by atoms with Gasteiger partial charge in [0, 0.05) is 43.1 Å². The van der Waals surface area contributed by atoms with Crippen molar-refractivity contribution in [1.82, 2.24) is 40.1 Å². The normalized spacial score (nSPS) is 21.3. The molecule has 1 saturated heterocycles. The van der Waals surface area contributed by atoms with Gasteiger partial charge in [-0.2, -0.15) is 0 Å². The maximum atomic E-state index is 12.5. The van der Waals surface area contributed by atoms with Crippen molar-refractivity contribution < 1.29 is 169 Å². The Bertz CT molecular complexity index is 2030. The topological polar surface area (TPSA) is 398 Å². The van der Waals surface area contributed by atoms with Crippen LogP contribution in [0.15, 0.2) is 31.2 Å². The van der Waals surface area contributed by atoms with E-state index in [2.05, 4.69) is 53.4 Å². The summed E-state index contributed by atoms with van der Waals surface area (Å²) in [6.45, 7) is 0.00351. The van der Waals surface area contributed by atoms with E-state index in [-0.39, 0.29) is 142 Å². The number of rotatable bonds is 20. The molecule has 1 aliphatic heterocycles. The average Bonchev–Trinajstić information content (AvgIpc) is 3.68. The molecule has 7 N–H and O–H groups in total. The van der Waals surface area contributed by atoms with Gasteiger partial charge >= 0.3 is 88.7 Å². The summed E-state index contributed by atoms with van der Waals surface area (Å²) in [6.07, 6.45) is -3.38. The summed E-state index contributed by atoms with van der Waals surface area (Å²) in [7, 11) is -17.3. The first kappa shape index (κ1) is 56.7. The zero-order valence-electron chi connectivity index (χ0n) is 32.1. The van der Waals surface area contributed by atoms with Gasteiger partial charge in [-0.15, -0.1) is 0 Å². The first-order chi connectivity index (χ1) is 26.1. The van der Waals surface area contributed by atoms with Crippen LogP contribution < -0.4 is 120 Å². The number of aliphatic hydroxyl groups is 2. The molecule has 0 aliphatic carbocycles. The molecule has 0 aromatic carbocycles. The number of phosphoric acid groups is 3. The molecule has 1 fully saturated rings. The Balaban J connectivity index is 0.00000580. The van der Waals surface area contributed by atoms with Crippen LogP contribution in [-0.4, -0.2) is 118 Å². The van der Waals surface area contributed by atoms with Crippen LogP contribution in [0.3, 0.4) is 0 Å². The Morgan fingerprint density at radius 1 is 1.03 bits per heavy atom. The monoisotopic (exact) mass is 939 g/mol. The van der Waals surface area contributed by atoms with E-state index in [0.29, 0.717) is 0 Å². The van der Waals surface area contributed by atoms with Gasteiger partial charge in [0.05, 0.1) is 25.7 Å². The van der Waals surface area contributed by atoms with Gasteiger partial charge in [-0.05, 0) is 0 Å². The van der Waals surface area contributed by atoms with E-state index in [9.17, 15) is 57.9 Å². The molecule has 3 aromatic rings. The van der Waals surface area contributed by atoms with Crippen LogP contribution in [0.5, 0.6) is 0 Å². The number of nitrogens with two attached hydrogens (primary N) is 1. The van der Waals surface area contributed by atoms with E-state index < -0.39 is 84.6 Å². The molecule has 1 aliphatic rings. The number of nitrogens with one attached hydrogen (secondary N) is 2. The smallest absolute Gasteiger partial charge is 0.756 e. The van der Waals surface area contributed by atoms with Crippen LogP contribution in [0, 0.1) is 5.41 Å². The molecular formula is C26H35N9Na3O17P3S. The molecule has 4 heterocycles. The number of ether oxygens (including phenoxy) is 1. The number of thioether (sulfide) groups is 1. The fraction of sp³-hybridized carbons (Fsp3) is 0.538. The molecule has 0 radical (unpaired) electrons. The minimum atomic E-state index is -5.90. The van der Waals surface area contributed by atoms with E-state index in [1.54, 1.807) is 0 Å². The maximum absolute atomic E-state index is 12.5. The molecule has 59 heavy (non-hydrogen) atoms. The van der Waals surface area contributed by atoms with Crippen molar-refractivity contribution >= 4 is 69.1 Å². The summed E-state index contributed by atoms with van der Waals surface area (Å²) in [5, 5.41) is 25.8. The van der Waals surface area contributed by atoms with Gasteiger partial charge in [-0.25, -0.2) is 24.2 Å². The fourth-order valence-corrected chi connectivity index (χ4v) is 8.12. The summed E-state index contributed by atoms with van der Waals surface area (Å²) in [5.41, 5.74) is 4.24. The van der Waals surface area contributed by atoms with E-state index >= 15 is 0 Å². The van der Waals surface area contributed by atoms with E-state index in [4.69, 9.17) is 10.5 Å². The zero-order valence-corrected chi connectivity index (χ0v) is 41.6. The number of aliphatic hydroxyl groups excluding tert-OH is 2. The van der Waals surface area contributed by atoms with Crippen LogP contribution in [0.1, 0.15) is 37.0 Å². The number of imidazole rings is 1. The predicted molar refractivity (Wildman–Crippen MR) is 182 cm³/mol. The summed E-state index contributed by atoms with van der Waals surface area (Å²) >= 11 is 0.911. The summed E-state index contributed by atoms with van der Waals surface area (Å²) in [6, 6.07) is 0. The molecular weight excluding hydrogens is 904 g/mol. The summed E-state index contributed by atoms with van der Waals surface area (Å²) < 4.78 is 60.8. The number of aromatic nitrogens is 6. The third kappa shape index (κ3) is 17.3. The standard InChI is InChI=1S/C26H38N9O17P3S.3Na/c1-26(2,20(38)23(39)31-4-3-16(36)30-7-8-56-25(40)14-9-28-5-6-29-14)11-49-55(46,47)52-54(44,45)48-10-15-19(51-53(41,42)43)18(37)24(50-15)35-13-34-17-21(27)32-12-33-22(17)35;;;/h5-6,9,12-13,15,18-20,24,37-38H,3-4,7-8,10-11H2,1-2H3,(H,30,36)(H,31,39)(H,44,45)(H,46,47)(H2,27,32,33)(H2,41,42,43);;;/q;3*+1/p-3/t15-,18?,19?,20-,24-;;;/m1.../s1. The Morgan fingerprint density at radius 2 is 1.71 bits per heavy atom. The molecule has 3 aromatic heterocycles. The SMILES string of the molecule is CC(C)(COP(=O)([O-])OP(=O)([O-])OC[C@H]1O[C@@H](n2cnc3c(N)ncnc32)C(O)C1OP(=O)([O-])O)[C@H](O)C(=O)NCCC(=O)NCCSC(=O)c1cnccn1.[Na+].[Na+].[Na+]. The van der Waals surface area contributed by atoms with E-state index in [1.807, 2.05) is 0 Å². The third-order valence-electron chi connectivity index (χ3n) is 7.49. The van der Waals surface area contributed by atoms with Crippen LogP contribution in [0.4, 0.5) is 5.82 Å². The van der Waals surface area contributed by atoms with Crippen molar-refractivity contribution in [3.8, 4) is 0 Å². The number of phosphoric ester groups is 3. The number of hydrogen-bond acceptors (Lipinski definition) is 23. The molecule has 8 atom stereocenters. The minimum absolute atomic E-state index is 0. The Kier molecular flexibility index (Phi) is 23.7. The van der Waals surface area contributed by atoms with Crippen molar-refractivity contribution in [2.24, 2.45) is 5.41 Å². The second kappa shape index (κ2) is 24.6. The number of fused-ring (bicyclic) bond motifs is 1. The van der Waals surface area contributed by atoms with Crippen molar-refractivity contribution in [1.29, 1.82) is 0 Å². The second-order valence-electron chi connectivity index (χ2n) is 12.2. The molecule has 33 heteroatoms. The molecule has 26 nitrogen and oxygen atoms in total. The molecule has 5 unspecified atom stereocenters. The average molecular weight is 940 g/mol. The van der Waals surface area contributed by atoms with Crippen LogP contribution in [-0.2, 0) is 45.9 Å². The first-order valence-electron chi connectivity index (χ1n) is 15.9. The molecule has 4 rings (SSSR count). The fourth-order valence-electron chi connectivity index (χ4n) is 4.73.